The summed E-state index contributed by atoms with van der Waals surface area (Å²) < 4.78 is 10.2. The highest BCUT2D eigenvalue weighted by Crippen LogP contribution is 2.44. The van der Waals surface area contributed by atoms with Gasteiger partial charge in [0.05, 0.1) is 13.7 Å². The maximum Gasteiger partial charge on any atom is 0.326 e. The molecular weight excluding hydrogens is 206 g/mol. The van der Waals surface area contributed by atoms with Crippen molar-refractivity contribution in [2.45, 2.75) is 30.8 Å². The number of nitrogens with zero attached hydrogens (tertiary/aromatic N) is 1. The minimum absolute atomic E-state index is 0.121. The first kappa shape index (κ1) is 11.6. The van der Waals surface area contributed by atoms with E-state index in [2.05, 4.69) is 11.5 Å². The second-order valence-electron chi connectivity index (χ2n) is 4.73. The summed E-state index contributed by atoms with van der Waals surface area (Å²) in [6.07, 6.45) is 2.59. The Labute approximate surface area is 96.2 Å². The van der Waals surface area contributed by atoms with Crippen molar-refractivity contribution in [2.75, 3.05) is 27.4 Å². The monoisotopic (exact) mass is 225 g/mol. The number of hydrogen-bond donors (Lipinski definition) is 0. The van der Waals surface area contributed by atoms with Gasteiger partial charge in [0, 0.05) is 19.7 Å². The summed E-state index contributed by atoms with van der Waals surface area (Å²) in [5.41, 5.74) is 0.667. The molecule has 2 heterocycles. The van der Waals surface area contributed by atoms with Gasteiger partial charge in [0.25, 0.3) is 0 Å². The molecule has 0 N–H and O–H groups in total. The summed E-state index contributed by atoms with van der Waals surface area (Å²) in [7, 11) is 3.16. The Morgan fingerprint density at radius 2 is 2.38 bits per heavy atom. The van der Waals surface area contributed by atoms with Crippen molar-refractivity contribution in [3.8, 4) is 0 Å². The maximum atomic E-state index is 12.0. The zero-order valence-corrected chi connectivity index (χ0v) is 9.99. The van der Waals surface area contributed by atoms with Gasteiger partial charge in [-0.15, -0.1) is 0 Å². The van der Waals surface area contributed by atoms with Crippen molar-refractivity contribution in [3.05, 3.63) is 12.2 Å². The lowest BCUT2D eigenvalue weighted by Crippen LogP contribution is -2.50. The van der Waals surface area contributed by atoms with Crippen LogP contribution in [0, 0.1) is 0 Å². The highest BCUT2D eigenvalue weighted by molar-refractivity contribution is 5.82. The first-order valence-electron chi connectivity index (χ1n) is 5.65. The zero-order chi connectivity index (χ0) is 11.8. The molecule has 90 valence electrons. The van der Waals surface area contributed by atoms with Gasteiger partial charge in [-0.1, -0.05) is 12.2 Å². The normalized spacial score (nSPS) is 34.1. The fourth-order valence-corrected chi connectivity index (χ4v) is 3.08. The largest absolute Gasteiger partial charge is 0.468 e. The molecule has 2 saturated heterocycles. The summed E-state index contributed by atoms with van der Waals surface area (Å²) in [5.74, 6) is -0.121. The number of fused-ring (bicyclic) bond motifs is 1. The molecule has 0 spiro atoms. The fraction of sp³-hybridized carbons (Fsp3) is 0.750. The molecule has 0 radical (unpaired) electrons. The van der Waals surface area contributed by atoms with Gasteiger partial charge in [-0.2, -0.15) is 0 Å². The van der Waals surface area contributed by atoms with Crippen molar-refractivity contribution in [1.82, 2.24) is 4.90 Å². The number of esters is 1. The first-order valence-corrected chi connectivity index (χ1v) is 5.65. The highest BCUT2D eigenvalue weighted by Gasteiger charge is 2.56. The molecule has 0 amide bonds. The number of rotatable bonds is 3. The molecule has 4 nitrogen and oxygen atoms in total. The van der Waals surface area contributed by atoms with Crippen LogP contribution in [0.1, 0.15) is 19.3 Å². The Kier molecular flexibility index (Phi) is 3.04. The second-order valence-corrected chi connectivity index (χ2v) is 4.73. The van der Waals surface area contributed by atoms with E-state index >= 15 is 0 Å². The molecule has 2 aliphatic heterocycles. The lowest BCUT2D eigenvalue weighted by Gasteiger charge is -2.31. The van der Waals surface area contributed by atoms with Crippen LogP contribution in [-0.2, 0) is 14.3 Å². The van der Waals surface area contributed by atoms with Gasteiger partial charge in [-0.05, 0) is 19.3 Å². The van der Waals surface area contributed by atoms with Crippen LogP contribution in [0.5, 0.6) is 0 Å². The van der Waals surface area contributed by atoms with Crippen molar-refractivity contribution < 1.29 is 14.3 Å². The lowest BCUT2D eigenvalue weighted by atomic mass is 9.93. The molecule has 0 bridgehead atoms. The van der Waals surface area contributed by atoms with Crippen molar-refractivity contribution >= 4 is 5.97 Å². The third-order valence-electron chi connectivity index (χ3n) is 3.74. The van der Waals surface area contributed by atoms with Crippen molar-refractivity contribution in [3.63, 3.8) is 0 Å². The summed E-state index contributed by atoms with van der Waals surface area (Å²) in [6, 6.07) is 0.323. The second kappa shape index (κ2) is 4.18. The quantitative estimate of drug-likeness (QED) is 0.530. The van der Waals surface area contributed by atoms with Gasteiger partial charge in [0.1, 0.15) is 5.54 Å². The number of methoxy groups -OCH3 is 2. The summed E-state index contributed by atoms with van der Waals surface area (Å²) in [4.78, 5) is 14.2. The molecule has 2 atom stereocenters. The van der Waals surface area contributed by atoms with E-state index in [1.54, 1.807) is 7.11 Å². The van der Waals surface area contributed by atoms with Gasteiger partial charge in [0.2, 0.25) is 0 Å². The minimum atomic E-state index is -0.449. The third kappa shape index (κ3) is 1.57. The van der Waals surface area contributed by atoms with E-state index in [-0.39, 0.29) is 5.97 Å². The first-order chi connectivity index (χ1) is 7.64. The van der Waals surface area contributed by atoms with Crippen LogP contribution in [0.3, 0.4) is 0 Å². The van der Waals surface area contributed by atoms with Crippen molar-refractivity contribution in [1.29, 1.82) is 0 Å². The molecule has 0 aliphatic carbocycles. The Bertz CT molecular complexity index is 315. The number of carbonyl (C=O) groups excluding carboxylic acids is 1. The zero-order valence-electron chi connectivity index (χ0n) is 9.99. The highest BCUT2D eigenvalue weighted by atomic mass is 16.5. The summed E-state index contributed by atoms with van der Waals surface area (Å²) in [5, 5.41) is 0. The molecule has 0 aromatic heterocycles. The average Bonchev–Trinajstić information content (AvgIpc) is 2.75. The molecule has 2 aliphatic rings. The van der Waals surface area contributed by atoms with E-state index in [1.165, 1.54) is 7.11 Å². The lowest BCUT2D eigenvalue weighted by molar-refractivity contribution is -0.152. The van der Waals surface area contributed by atoms with Gasteiger partial charge in [0.15, 0.2) is 0 Å². The molecule has 0 aromatic rings. The van der Waals surface area contributed by atoms with Crippen LogP contribution in [0.25, 0.3) is 0 Å². The number of hydrogen-bond acceptors (Lipinski definition) is 4. The number of carbonyl (C=O) groups is 1. The Hall–Kier alpha value is -0.870. The minimum Gasteiger partial charge on any atom is -0.468 e. The molecular formula is C12H19NO3. The van der Waals surface area contributed by atoms with Crippen molar-refractivity contribution in [2.24, 2.45) is 0 Å². The van der Waals surface area contributed by atoms with Gasteiger partial charge >= 0.3 is 5.97 Å². The Morgan fingerprint density at radius 3 is 3.00 bits per heavy atom. The van der Waals surface area contributed by atoms with Gasteiger partial charge in [-0.3, -0.25) is 9.69 Å². The molecule has 16 heavy (non-hydrogen) atoms. The molecule has 4 heteroatoms. The fourth-order valence-electron chi connectivity index (χ4n) is 3.08. The predicted molar refractivity (Wildman–Crippen MR) is 60.1 cm³/mol. The topological polar surface area (TPSA) is 38.8 Å². The van der Waals surface area contributed by atoms with E-state index in [0.29, 0.717) is 12.6 Å². The SMILES string of the molecule is C=C1CN2C(COC)CC[C@]2(C(=O)OC)C1. The van der Waals surface area contributed by atoms with Crippen LogP contribution in [0.2, 0.25) is 0 Å². The number of ether oxygens (including phenoxy) is 2. The van der Waals surface area contributed by atoms with E-state index in [9.17, 15) is 4.79 Å². The Morgan fingerprint density at radius 1 is 1.62 bits per heavy atom. The van der Waals surface area contributed by atoms with Crippen LogP contribution in [0.15, 0.2) is 12.2 Å². The van der Waals surface area contributed by atoms with Gasteiger partial charge in [-0.25, -0.2) is 0 Å². The van der Waals surface area contributed by atoms with E-state index in [1.807, 2.05) is 0 Å². The van der Waals surface area contributed by atoms with E-state index in [0.717, 1.165) is 31.4 Å². The summed E-state index contributed by atoms with van der Waals surface area (Å²) >= 11 is 0. The maximum absolute atomic E-state index is 12.0. The molecule has 2 rings (SSSR count). The standard InChI is InChI=1S/C12H19NO3/c1-9-6-12(11(14)16-3)5-4-10(8-15-2)13(12)7-9/h10H,1,4-8H2,2-3H3/t10?,12-/m1/s1. The summed E-state index contributed by atoms with van der Waals surface area (Å²) in [6.45, 7) is 5.47. The van der Waals surface area contributed by atoms with Crippen LogP contribution >= 0.6 is 0 Å². The predicted octanol–water partition coefficient (Wildman–Crippen LogP) is 0.969. The van der Waals surface area contributed by atoms with E-state index in [4.69, 9.17) is 9.47 Å². The van der Waals surface area contributed by atoms with Crippen LogP contribution in [-0.4, -0.2) is 49.8 Å². The van der Waals surface area contributed by atoms with Gasteiger partial charge < -0.3 is 9.47 Å². The van der Waals surface area contributed by atoms with E-state index < -0.39 is 5.54 Å². The molecule has 0 aromatic carbocycles. The molecule has 1 unspecified atom stereocenters. The third-order valence-corrected chi connectivity index (χ3v) is 3.74. The molecule has 2 fully saturated rings. The smallest absolute Gasteiger partial charge is 0.326 e. The van der Waals surface area contributed by atoms with Crippen LogP contribution in [0.4, 0.5) is 0 Å². The Balaban J connectivity index is 2.23. The average molecular weight is 225 g/mol. The van der Waals surface area contributed by atoms with Crippen LogP contribution < -0.4 is 0 Å². The molecule has 0 saturated carbocycles.